The molecule has 2 aromatic carbocycles. The van der Waals surface area contributed by atoms with Gasteiger partial charge < -0.3 is 0 Å². The molecule has 0 amide bonds. The van der Waals surface area contributed by atoms with E-state index in [4.69, 9.17) is 5.26 Å². The first kappa shape index (κ1) is 15.5. The summed E-state index contributed by atoms with van der Waals surface area (Å²) in [5.74, 6) is -0.601. The zero-order chi connectivity index (χ0) is 15.5. The Balaban J connectivity index is 2.35. The second-order valence-electron chi connectivity index (χ2n) is 4.18. The Morgan fingerprint density at radius 1 is 1.19 bits per heavy atom. The Morgan fingerprint density at radius 2 is 1.86 bits per heavy atom. The Kier molecular flexibility index (Phi) is 4.60. The van der Waals surface area contributed by atoms with E-state index in [2.05, 4.69) is 20.7 Å². The quantitative estimate of drug-likeness (QED) is 0.840. The van der Waals surface area contributed by atoms with Crippen molar-refractivity contribution in [3.8, 4) is 6.07 Å². The molecule has 0 fully saturated rings. The first-order valence-electron chi connectivity index (χ1n) is 5.83. The van der Waals surface area contributed by atoms with E-state index in [0.29, 0.717) is 5.33 Å². The third kappa shape index (κ3) is 3.60. The van der Waals surface area contributed by atoms with Crippen LogP contribution in [0, 0.1) is 17.1 Å². The molecule has 108 valence electrons. The van der Waals surface area contributed by atoms with Crippen LogP contribution in [0.4, 0.5) is 10.1 Å². The summed E-state index contributed by atoms with van der Waals surface area (Å²) >= 11 is 3.28. The zero-order valence-corrected chi connectivity index (χ0v) is 13.1. The Hall–Kier alpha value is -1.91. The molecule has 0 aliphatic rings. The monoisotopic (exact) mass is 368 g/mol. The van der Waals surface area contributed by atoms with Crippen LogP contribution in [0.1, 0.15) is 11.1 Å². The van der Waals surface area contributed by atoms with Gasteiger partial charge in [-0.05, 0) is 35.9 Å². The average molecular weight is 369 g/mol. The van der Waals surface area contributed by atoms with Crippen LogP contribution < -0.4 is 4.72 Å². The van der Waals surface area contributed by atoms with Crippen LogP contribution in [0.25, 0.3) is 0 Å². The van der Waals surface area contributed by atoms with Gasteiger partial charge in [0.05, 0.1) is 16.1 Å². The number of nitrogens with zero attached hydrogens (tertiary/aromatic N) is 1. The predicted octanol–water partition coefficient (Wildman–Crippen LogP) is 3.39. The summed E-state index contributed by atoms with van der Waals surface area (Å²) in [6, 6.07) is 11.3. The van der Waals surface area contributed by atoms with Crippen molar-refractivity contribution in [1.82, 2.24) is 0 Å². The maximum atomic E-state index is 13.0. The number of benzene rings is 2. The predicted molar refractivity (Wildman–Crippen MR) is 81.0 cm³/mol. The highest BCUT2D eigenvalue weighted by molar-refractivity contribution is 9.08. The first-order valence-corrected chi connectivity index (χ1v) is 8.44. The number of nitrogens with one attached hydrogen (secondary N) is 1. The minimum Gasteiger partial charge on any atom is -0.278 e. The average Bonchev–Trinajstić information content (AvgIpc) is 2.49. The molecular formula is C14H10BrFN2O2S. The molecule has 0 heterocycles. The minimum absolute atomic E-state index is 0.0449. The van der Waals surface area contributed by atoms with Crippen LogP contribution in [0.5, 0.6) is 0 Å². The van der Waals surface area contributed by atoms with Gasteiger partial charge in [0.15, 0.2) is 0 Å². The van der Waals surface area contributed by atoms with Gasteiger partial charge in [0, 0.05) is 5.33 Å². The molecule has 0 atom stereocenters. The van der Waals surface area contributed by atoms with Gasteiger partial charge in [-0.15, -0.1) is 0 Å². The number of hydrogen-bond donors (Lipinski definition) is 1. The molecule has 7 heteroatoms. The molecule has 0 aliphatic heterocycles. The largest absolute Gasteiger partial charge is 0.278 e. The van der Waals surface area contributed by atoms with E-state index in [1.54, 1.807) is 18.2 Å². The van der Waals surface area contributed by atoms with Crippen LogP contribution in [0.3, 0.4) is 0 Å². The van der Waals surface area contributed by atoms with E-state index in [1.807, 2.05) is 0 Å². The number of alkyl halides is 1. The molecule has 0 saturated heterocycles. The van der Waals surface area contributed by atoms with Gasteiger partial charge in [0.25, 0.3) is 10.0 Å². The standard InChI is InChI=1S/C14H10BrFN2O2S/c15-8-10-1-4-13(5-2-10)21(19,20)18-14-6-3-12(16)7-11(14)9-17/h1-7,18H,8H2. The number of halogens is 2. The van der Waals surface area contributed by atoms with Crippen molar-refractivity contribution in [2.24, 2.45) is 0 Å². The molecule has 1 N–H and O–H groups in total. The molecule has 2 rings (SSSR count). The molecular weight excluding hydrogens is 359 g/mol. The summed E-state index contributed by atoms with van der Waals surface area (Å²) in [4.78, 5) is 0.0698. The van der Waals surface area contributed by atoms with E-state index >= 15 is 0 Å². The molecule has 0 radical (unpaired) electrons. The van der Waals surface area contributed by atoms with Gasteiger partial charge in [-0.25, -0.2) is 12.8 Å². The van der Waals surface area contributed by atoms with Gasteiger partial charge >= 0.3 is 0 Å². The van der Waals surface area contributed by atoms with E-state index in [9.17, 15) is 12.8 Å². The molecule has 4 nitrogen and oxygen atoms in total. The van der Waals surface area contributed by atoms with Crippen LogP contribution in [-0.4, -0.2) is 8.42 Å². The summed E-state index contributed by atoms with van der Waals surface area (Å²) in [5.41, 5.74) is 0.910. The topological polar surface area (TPSA) is 70.0 Å². The summed E-state index contributed by atoms with van der Waals surface area (Å²) < 4.78 is 39.8. The second-order valence-corrected chi connectivity index (χ2v) is 6.43. The molecule has 0 bridgehead atoms. The first-order chi connectivity index (χ1) is 9.96. The van der Waals surface area contributed by atoms with Crippen LogP contribution in [-0.2, 0) is 15.4 Å². The van der Waals surface area contributed by atoms with Gasteiger partial charge in [0.1, 0.15) is 11.9 Å². The molecule has 0 aromatic heterocycles. The fourth-order valence-corrected chi connectivity index (χ4v) is 3.11. The number of rotatable bonds is 4. The lowest BCUT2D eigenvalue weighted by Gasteiger charge is -2.10. The van der Waals surface area contributed by atoms with E-state index in [0.717, 1.165) is 17.7 Å². The lowest BCUT2D eigenvalue weighted by Crippen LogP contribution is -2.14. The molecule has 0 aliphatic carbocycles. The van der Waals surface area contributed by atoms with Crippen molar-refractivity contribution in [2.45, 2.75) is 10.2 Å². The van der Waals surface area contributed by atoms with Gasteiger partial charge in [-0.3, -0.25) is 4.72 Å². The van der Waals surface area contributed by atoms with E-state index < -0.39 is 15.8 Å². The maximum absolute atomic E-state index is 13.0. The van der Waals surface area contributed by atoms with Gasteiger partial charge in [-0.2, -0.15) is 5.26 Å². The van der Waals surface area contributed by atoms with E-state index in [1.165, 1.54) is 18.2 Å². The van der Waals surface area contributed by atoms with Crippen molar-refractivity contribution in [3.05, 3.63) is 59.4 Å². The minimum atomic E-state index is -3.82. The third-order valence-electron chi connectivity index (χ3n) is 2.73. The maximum Gasteiger partial charge on any atom is 0.261 e. The van der Waals surface area contributed by atoms with Gasteiger partial charge in [-0.1, -0.05) is 28.1 Å². The lowest BCUT2D eigenvalue weighted by atomic mass is 10.2. The number of nitriles is 1. The fourth-order valence-electron chi connectivity index (χ4n) is 1.66. The Morgan fingerprint density at radius 3 is 2.43 bits per heavy atom. The van der Waals surface area contributed by atoms with Crippen LogP contribution in [0.2, 0.25) is 0 Å². The lowest BCUT2D eigenvalue weighted by molar-refractivity contribution is 0.601. The normalized spacial score (nSPS) is 10.9. The number of anilines is 1. The number of sulfonamides is 1. The van der Waals surface area contributed by atoms with Crippen molar-refractivity contribution in [1.29, 1.82) is 5.26 Å². The molecule has 0 unspecified atom stereocenters. The van der Waals surface area contributed by atoms with Crippen LogP contribution in [0.15, 0.2) is 47.4 Å². The SMILES string of the molecule is N#Cc1cc(F)ccc1NS(=O)(=O)c1ccc(CBr)cc1. The van der Waals surface area contributed by atoms with Gasteiger partial charge in [0.2, 0.25) is 0 Å². The Bertz CT molecular complexity index is 799. The summed E-state index contributed by atoms with van der Waals surface area (Å²) in [6.07, 6.45) is 0. The molecule has 21 heavy (non-hydrogen) atoms. The Labute approximate surface area is 130 Å². The van der Waals surface area contributed by atoms with Crippen molar-refractivity contribution < 1.29 is 12.8 Å². The summed E-state index contributed by atoms with van der Waals surface area (Å²) in [7, 11) is -3.82. The highest BCUT2D eigenvalue weighted by Crippen LogP contribution is 2.21. The van der Waals surface area contributed by atoms with E-state index in [-0.39, 0.29) is 16.1 Å². The summed E-state index contributed by atoms with van der Waals surface area (Å²) in [5, 5.41) is 9.54. The fraction of sp³-hybridized carbons (Fsp3) is 0.0714. The van der Waals surface area contributed by atoms with Crippen molar-refractivity contribution in [2.75, 3.05) is 4.72 Å². The summed E-state index contributed by atoms with van der Waals surface area (Å²) in [6.45, 7) is 0. The second kappa shape index (κ2) is 6.24. The van der Waals surface area contributed by atoms with Crippen LogP contribution >= 0.6 is 15.9 Å². The third-order valence-corrected chi connectivity index (χ3v) is 4.76. The van der Waals surface area contributed by atoms with Crippen molar-refractivity contribution >= 4 is 31.6 Å². The molecule has 2 aromatic rings. The zero-order valence-electron chi connectivity index (χ0n) is 10.7. The number of hydrogen-bond acceptors (Lipinski definition) is 3. The molecule has 0 saturated carbocycles. The molecule has 0 spiro atoms. The smallest absolute Gasteiger partial charge is 0.261 e. The van der Waals surface area contributed by atoms with Crippen molar-refractivity contribution in [3.63, 3.8) is 0 Å². The highest BCUT2D eigenvalue weighted by atomic mass is 79.9. The highest BCUT2D eigenvalue weighted by Gasteiger charge is 2.16.